The van der Waals surface area contributed by atoms with E-state index in [9.17, 15) is 14.9 Å². The Kier molecular flexibility index (Phi) is 8.91. The summed E-state index contributed by atoms with van der Waals surface area (Å²) >= 11 is 1.55. The van der Waals surface area contributed by atoms with Gasteiger partial charge >= 0.3 is 0 Å². The Labute approximate surface area is 213 Å². The van der Waals surface area contributed by atoms with E-state index in [1.54, 1.807) is 22.6 Å². The van der Waals surface area contributed by atoms with E-state index in [0.717, 1.165) is 11.9 Å². The molecule has 36 heavy (non-hydrogen) atoms. The minimum Gasteiger partial charge on any atom is -0.493 e. The topological polar surface area (TPSA) is 146 Å². The van der Waals surface area contributed by atoms with Crippen molar-refractivity contribution in [2.24, 2.45) is 5.92 Å². The maximum atomic E-state index is 12.8. The van der Waals surface area contributed by atoms with Crippen molar-refractivity contribution in [2.75, 3.05) is 32.6 Å². The van der Waals surface area contributed by atoms with Crippen molar-refractivity contribution in [3.63, 3.8) is 0 Å². The Morgan fingerprint density at radius 1 is 1.17 bits per heavy atom. The maximum absolute atomic E-state index is 12.8. The van der Waals surface area contributed by atoms with Crippen LogP contribution in [0.2, 0.25) is 0 Å². The lowest BCUT2D eigenvalue weighted by molar-refractivity contribution is -0.385. The average molecular weight is 518 g/mol. The standard InChI is InChI=1S/C23H31N7O5S/c1-13(2)11-25-20-16-12-26-29(21(16)28-23(27-20)36-14(3)4)8-7-24-22(31)15-9-18(34-5)19(35-6)10-17(15)30(32)33/h9-10,12-14H,7-8,11H2,1-6H3,(H,24,31)(H,25,27,28). The number of nitro benzene ring substituents is 1. The molecule has 0 saturated heterocycles. The van der Waals surface area contributed by atoms with Gasteiger partial charge in [-0.2, -0.15) is 5.10 Å². The molecule has 3 rings (SSSR count). The van der Waals surface area contributed by atoms with Crippen LogP contribution in [-0.4, -0.2) is 63.1 Å². The zero-order chi connectivity index (χ0) is 26.4. The van der Waals surface area contributed by atoms with Crippen LogP contribution in [0.15, 0.2) is 23.5 Å². The Morgan fingerprint density at radius 2 is 1.86 bits per heavy atom. The van der Waals surface area contributed by atoms with Gasteiger partial charge in [0.05, 0.1) is 43.3 Å². The molecule has 1 amide bonds. The van der Waals surface area contributed by atoms with E-state index in [4.69, 9.17) is 9.47 Å². The largest absolute Gasteiger partial charge is 0.493 e. The van der Waals surface area contributed by atoms with E-state index in [2.05, 4.69) is 53.4 Å². The molecule has 0 fully saturated rings. The maximum Gasteiger partial charge on any atom is 0.286 e. The molecule has 0 bridgehead atoms. The number of amides is 1. The van der Waals surface area contributed by atoms with Gasteiger partial charge in [-0.15, -0.1) is 0 Å². The molecule has 1 aromatic carbocycles. The zero-order valence-electron chi connectivity index (χ0n) is 21.2. The molecule has 12 nitrogen and oxygen atoms in total. The molecule has 0 radical (unpaired) electrons. The number of benzene rings is 1. The molecular weight excluding hydrogens is 486 g/mol. The first kappa shape index (κ1) is 27.0. The predicted octanol–water partition coefficient (Wildman–Crippen LogP) is 3.75. The quantitative estimate of drug-likeness (QED) is 0.158. The number of carbonyl (C=O) groups excluding carboxylic acids is 1. The SMILES string of the molecule is COc1cc(C(=O)NCCn2ncc3c(NCC(C)C)nc(SC(C)C)nc32)c([N+](=O)[O-])cc1OC. The fourth-order valence-electron chi connectivity index (χ4n) is 3.37. The van der Waals surface area contributed by atoms with Crippen molar-refractivity contribution >= 4 is 40.2 Å². The van der Waals surface area contributed by atoms with Crippen LogP contribution in [0, 0.1) is 16.0 Å². The summed E-state index contributed by atoms with van der Waals surface area (Å²) in [6.45, 7) is 9.60. The van der Waals surface area contributed by atoms with E-state index in [1.807, 2.05) is 0 Å². The number of methoxy groups -OCH3 is 2. The van der Waals surface area contributed by atoms with Gasteiger partial charge in [0, 0.05) is 24.4 Å². The Balaban J connectivity index is 1.82. The highest BCUT2D eigenvalue weighted by atomic mass is 32.2. The summed E-state index contributed by atoms with van der Waals surface area (Å²) < 4.78 is 12.0. The summed E-state index contributed by atoms with van der Waals surface area (Å²) in [5.74, 6) is 0.930. The molecule has 2 N–H and O–H groups in total. The summed E-state index contributed by atoms with van der Waals surface area (Å²) in [6, 6.07) is 2.47. The molecule has 0 saturated carbocycles. The molecule has 0 atom stereocenters. The predicted molar refractivity (Wildman–Crippen MR) is 138 cm³/mol. The van der Waals surface area contributed by atoms with E-state index >= 15 is 0 Å². The van der Waals surface area contributed by atoms with Crippen molar-refractivity contribution in [1.82, 2.24) is 25.1 Å². The van der Waals surface area contributed by atoms with Gasteiger partial charge in [0.1, 0.15) is 11.4 Å². The van der Waals surface area contributed by atoms with Crippen LogP contribution in [-0.2, 0) is 6.54 Å². The fraction of sp³-hybridized carbons (Fsp3) is 0.478. The Bertz CT molecular complexity index is 1250. The second-order valence-electron chi connectivity index (χ2n) is 8.64. The minimum atomic E-state index is -0.631. The van der Waals surface area contributed by atoms with Gasteiger partial charge in [-0.1, -0.05) is 39.5 Å². The fourth-order valence-corrected chi connectivity index (χ4v) is 4.07. The number of hydrogen-bond acceptors (Lipinski definition) is 10. The van der Waals surface area contributed by atoms with Crippen LogP contribution in [0.1, 0.15) is 38.1 Å². The molecule has 0 aliphatic heterocycles. The number of hydrogen-bond donors (Lipinski definition) is 2. The van der Waals surface area contributed by atoms with Crippen molar-refractivity contribution < 1.29 is 19.2 Å². The van der Waals surface area contributed by atoms with Gasteiger partial charge < -0.3 is 20.1 Å². The van der Waals surface area contributed by atoms with Crippen LogP contribution in [0.3, 0.4) is 0 Å². The highest BCUT2D eigenvalue weighted by Gasteiger charge is 2.24. The van der Waals surface area contributed by atoms with Crippen molar-refractivity contribution in [3.8, 4) is 11.5 Å². The first-order chi connectivity index (χ1) is 17.1. The molecule has 13 heteroatoms. The number of anilines is 1. The summed E-state index contributed by atoms with van der Waals surface area (Å²) in [4.78, 5) is 33.1. The number of aromatic nitrogens is 4. The lowest BCUT2D eigenvalue weighted by Gasteiger charge is -2.12. The Hall–Kier alpha value is -3.61. The molecule has 0 unspecified atom stereocenters. The molecular formula is C23H31N7O5S. The molecule has 0 aliphatic rings. The Morgan fingerprint density at radius 3 is 2.47 bits per heavy atom. The van der Waals surface area contributed by atoms with Crippen molar-refractivity contribution in [1.29, 1.82) is 0 Å². The number of thioether (sulfide) groups is 1. The third-order valence-corrected chi connectivity index (χ3v) is 5.91. The molecule has 2 aromatic heterocycles. The average Bonchev–Trinajstić information content (AvgIpc) is 3.23. The monoisotopic (exact) mass is 517 g/mol. The van der Waals surface area contributed by atoms with E-state index in [-0.39, 0.29) is 29.3 Å². The molecule has 194 valence electrons. The molecule has 3 aromatic rings. The van der Waals surface area contributed by atoms with Gasteiger partial charge in [0.25, 0.3) is 11.6 Å². The van der Waals surface area contributed by atoms with Gasteiger partial charge in [-0.3, -0.25) is 14.9 Å². The van der Waals surface area contributed by atoms with Crippen LogP contribution >= 0.6 is 11.8 Å². The lowest BCUT2D eigenvalue weighted by atomic mass is 10.1. The highest BCUT2D eigenvalue weighted by Crippen LogP contribution is 2.34. The van der Waals surface area contributed by atoms with Crippen LogP contribution in [0.4, 0.5) is 11.5 Å². The highest BCUT2D eigenvalue weighted by molar-refractivity contribution is 7.99. The second-order valence-corrected chi connectivity index (χ2v) is 10.2. The van der Waals surface area contributed by atoms with E-state index in [1.165, 1.54) is 26.4 Å². The van der Waals surface area contributed by atoms with Gasteiger partial charge in [-0.25, -0.2) is 14.6 Å². The number of nitrogens with zero attached hydrogens (tertiary/aromatic N) is 5. The van der Waals surface area contributed by atoms with Gasteiger partial charge in [0.15, 0.2) is 22.3 Å². The lowest BCUT2D eigenvalue weighted by Crippen LogP contribution is -2.28. The minimum absolute atomic E-state index is 0.124. The molecule has 0 aliphatic carbocycles. The van der Waals surface area contributed by atoms with Gasteiger partial charge in [-0.05, 0) is 5.92 Å². The number of nitrogens with one attached hydrogen (secondary N) is 2. The summed E-state index contributed by atoms with van der Waals surface area (Å²) in [6.07, 6.45) is 1.70. The van der Waals surface area contributed by atoms with Crippen LogP contribution in [0.5, 0.6) is 11.5 Å². The number of nitro groups is 1. The molecule has 2 heterocycles. The third-order valence-electron chi connectivity index (χ3n) is 5.05. The van der Waals surface area contributed by atoms with E-state index in [0.29, 0.717) is 34.3 Å². The second kappa shape index (κ2) is 11.9. The summed E-state index contributed by atoms with van der Waals surface area (Å²) in [5, 5.41) is 23.8. The summed E-state index contributed by atoms with van der Waals surface area (Å²) in [7, 11) is 2.76. The van der Waals surface area contributed by atoms with Crippen molar-refractivity contribution in [2.45, 2.75) is 44.6 Å². The normalized spacial score (nSPS) is 11.2. The van der Waals surface area contributed by atoms with Crippen LogP contribution in [0.25, 0.3) is 11.0 Å². The first-order valence-corrected chi connectivity index (χ1v) is 12.3. The molecule has 0 spiro atoms. The third kappa shape index (κ3) is 6.33. The van der Waals surface area contributed by atoms with Crippen molar-refractivity contribution in [3.05, 3.63) is 34.0 Å². The summed E-state index contributed by atoms with van der Waals surface area (Å²) in [5.41, 5.74) is 0.144. The van der Waals surface area contributed by atoms with Gasteiger partial charge in [0.2, 0.25) is 0 Å². The van der Waals surface area contributed by atoms with E-state index < -0.39 is 10.8 Å². The number of rotatable bonds is 12. The number of ether oxygens (including phenoxy) is 2. The number of fused-ring (bicyclic) bond motifs is 1. The smallest absolute Gasteiger partial charge is 0.286 e. The zero-order valence-corrected chi connectivity index (χ0v) is 22.0. The number of carbonyl (C=O) groups is 1. The first-order valence-electron chi connectivity index (χ1n) is 11.5. The van der Waals surface area contributed by atoms with Crippen LogP contribution < -0.4 is 20.1 Å².